The molecular formula is C25H32N4O2. The van der Waals surface area contributed by atoms with E-state index in [4.69, 9.17) is 0 Å². The van der Waals surface area contributed by atoms with Gasteiger partial charge in [0, 0.05) is 40.3 Å². The van der Waals surface area contributed by atoms with Crippen molar-refractivity contribution in [1.29, 1.82) is 0 Å². The second-order valence-corrected chi connectivity index (χ2v) is 10.0. The Balaban J connectivity index is 1.46. The van der Waals surface area contributed by atoms with Crippen molar-refractivity contribution in [1.82, 2.24) is 15.2 Å². The second kappa shape index (κ2) is 7.83. The van der Waals surface area contributed by atoms with Crippen molar-refractivity contribution in [2.75, 3.05) is 18.1 Å². The molecule has 0 unspecified atom stereocenters. The van der Waals surface area contributed by atoms with E-state index >= 15 is 0 Å². The molecule has 6 nitrogen and oxygen atoms in total. The van der Waals surface area contributed by atoms with Crippen LogP contribution in [-0.4, -0.2) is 39.3 Å². The van der Waals surface area contributed by atoms with E-state index in [1.807, 2.05) is 12.1 Å². The number of aliphatic hydroxyl groups excluding tert-OH is 1. The molecule has 3 aromatic rings. The molecule has 2 aromatic heterocycles. The molecule has 2 aliphatic rings. The lowest BCUT2D eigenvalue weighted by molar-refractivity contribution is -0.122. The number of benzene rings is 1. The average Bonchev–Trinajstić information content (AvgIpc) is 3.48. The molecular weight excluding hydrogens is 388 g/mol. The third-order valence-electron chi connectivity index (χ3n) is 7.13. The summed E-state index contributed by atoms with van der Waals surface area (Å²) >= 11 is 0. The molecule has 0 saturated heterocycles. The SMILES string of the molecule is CC1(C)CCc2c(-c3cc4ccc(N(CCO)C(=O)C5CCCC5)cc4[nH]3)n[nH]c2C1. The fourth-order valence-electron chi connectivity index (χ4n) is 5.34. The van der Waals surface area contributed by atoms with E-state index in [9.17, 15) is 9.90 Å². The maximum Gasteiger partial charge on any atom is 0.230 e. The van der Waals surface area contributed by atoms with Crippen molar-refractivity contribution in [3.63, 3.8) is 0 Å². The van der Waals surface area contributed by atoms with Gasteiger partial charge in [-0.1, -0.05) is 32.8 Å². The Bertz CT molecular complexity index is 1100. The number of carbonyl (C=O) groups is 1. The number of aromatic nitrogens is 3. The van der Waals surface area contributed by atoms with Crippen molar-refractivity contribution < 1.29 is 9.90 Å². The number of nitrogens with one attached hydrogen (secondary N) is 2. The predicted octanol–water partition coefficient (Wildman–Crippen LogP) is 4.59. The van der Waals surface area contributed by atoms with Gasteiger partial charge < -0.3 is 15.0 Å². The molecule has 0 spiro atoms. The Morgan fingerprint density at radius 2 is 2.06 bits per heavy atom. The Morgan fingerprint density at radius 1 is 1.26 bits per heavy atom. The minimum atomic E-state index is -0.0395. The lowest BCUT2D eigenvalue weighted by atomic mass is 9.76. The standard InChI is InChI=1S/C25H32N4O2/c1-25(2)10-9-19-22(15-25)27-28-23(19)21-13-17-7-8-18(14-20(17)26-21)29(11-12-30)24(31)16-5-3-4-6-16/h7-8,13-14,16,26,30H,3-6,9-12,15H2,1-2H3,(H,27,28). The average molecular weight is 421 g/mol. The van der Waals surface area contributed by atoms with Crippen LogP contribution in [0.4, 0.5) is 5.69 Å². The third kappa shape index (κ3) is 3.78. The quantitative estimate of drug-likeness (QED) is 0.564. The summed E-state index contributed by atoms with van der Waals surface area (Å²) in [6, 6.07) is 8.22. The Kier molecular flexibility index (Phi) is 5.13. The number of nitrogens with zero attached hydrogens (tertiary/aromatic N) is 2. The highest BCUT2D eigenvalue weighted by atomic mass is 16.3. The number of carbonyl (C=O) groups excluding carboxylic acids is 1. The van der Waals surface area contributed by atoms with Crippen molar-refractivity contribution in [3.05, 3.63) is 35.5 Å². The molecule has 164 valence electrons. The highest BCUT2D eigenvalue weighted by molar-refractivity contribution is 5.98. The Labute approximate surface area is 183 Å². The van der Waals surface area contributed by atoms with E-state index in [1.54, 1.807) is 4.90 Å². The van der Waals surface area contributed by atoms with Gasteiger partial charge in [-0.2, -0.15) is 5.10 Å². The lowest BCUT2D eigenvalue weighted by Crippen LogP contribution is -2.37. The number of rotatable bonds is 5. The van der Waals surface area contributed by atoms with Crippen LogP contribution in [0.2, 0.25) is 0 Å². The number of hydrogen-bond donors (Lipinski definition) is 3. The number of anilines is 1. The molecule has 5 rings (SSSR count). The maximum absolute atomic E-state index is 13.1. The normalized spacial score (nSPS) is 18.4. The van der Waals surface area contributed by atoms with Crippen LogP contribution in [0.25, 0.3) is 22.3 Å². The van der Waals surface area contributed by atoms with Crippen LogP contribution >= 0.6 is 0 Å². The summed E-state index contributed by atoms with van der Waals surface area (Å²) in [6.07, 6.45) is 7.37. The van der Waals surface area contributed by atoms with Gasteiger partial charge in [-0.15, -0.1) is 0 Å². The van der Waals surface area contributed by atoms with Gasteiger partial charge in [0.05, 0.1) is 12.3 Å². The number of fused-ring (bicyclic) bond motifs is 2. The first-order valence-electron chi connectivity index (χ1n) is 11.6. The zero-order valence-corrected chi connectivity index (χ0v) is 18.5. The van der Waals surface area contributed by atoms with Crippen LogP contribution < -0.4 is 4.90 Å². The zero-order valence-electron chi connectivity index (χ0n) is 18.5. The summed E-state index contributed by atoms with van der Waals surface area (Å²) in [4.78, 5) is 18.4. The fraction of sp³-hybridized carbons (Fsp3) is 0.520. The topological polar surface area (TPSA) is 85.0 Å². The summed E-state index contributed by atoms with van der Waals surface area (Å²) < 4.78 is 0. The fourth-order valence-corrected chi connectivity index (χ4v) is 5.34. The predicted molar refractivity (Wildman–Crippen MR) is 123 cm³/mol. The summed E-state index contributed by atoms with van der Waals surface area (Å²) in [5.41, 5.74) is 6.75. The molecule has 1 amide bonds. The Hall–Kier alpha value is -2.60. The first-order chi connectivity index (χ1) is 14.9. The molecule has 0 atom stereocenters. The monoisotopic (exact) mass is 420 g/mol. The van der Waals surface area contributed by atoms with Gasteiger partial charge in [-0.05, 0) is 55.7 Å². The van der Waals surface area contributed by atoms with Gasteiger partial charge in [0.1, 0.15) is 5.69 Å². The number of amides is 1. The van der Waals surface area contributed by atoms with Gasteiger partial charge in [0.2, 0.25) is 5.91 Å². The first kappa shape index (κ1) is 20.3. The molecule has 0 aliphatic heterocycles. The van der Waals surface area contributed by atoms with Gasteiger partial charge in [-0.3, -0.25) is 9.89 Å². The van der Waals surface area contributed by atoms with Crippen molar-refractivity contribution in [2.24, 2.45) is 11.3 Å². The molecule has 1 aromatic carbocycles. The highest BCUT2D eigenvalue weighted by Gasteiger charge is 2.30. The van der Waals surface area contributed by atoms with E-state index < -0.39 is 0 Å². The van der Waals surface area contributed by atoms with Crippen LogP contribution in [0, 0.1) is 11.3 Å². The molecule has 2 heterocycles. The lowest BCUT2D eigenvalue weighted by Gasteiger charge is -2.28. The zero-order chi connectivity index (χ0) is 21.6. The molecule has 1 saturated carbocycles. The summed E-state index contributed by atoms with van der Waals surface area (Å²) in [6.45, 7) is 4.91. The van der Waals surface area contributed by atoms with Gasteiger partial charge >= 0.3 is 0 Å². The van der Waals surface area contributed by atoms with Gasteiger partial charge in [-0.25, -0.2) is 0 Å². The third-order valence-corrected chi connectivity index (χ3v) is 7.13. The van der Waals surface area contributed by atoms with Crippen molar-refractivity contribution in [3.8, 4) is 11.4 Å². The number of aromatic amines is 2. The van der Waals surface area contributed by atoms with Crippen molar-refractivity contribution in [2.45, 2.75) is 58.8 Å². The molecule has 2 aliphatic carbocycles. The van der Waals surface area contributed by atoms with E-state index in [0.29, 0.717) is 12.0 Å². The number of hydrogen-bond acceptors (Lipinski definition) is 3. The largest absolute Gasteiger partial charge is 0.395 e. The summed E-state index contributed by atoms with van der Waals surface area (Å²) in [5.74, 6) is 0.225. The minimum absolute atomic E-state index is 0.0395. The molecule has 0 bridgehead atoms. The second-order valence-electron chi connectivity index (χ2n) is 10.0. The van der Waals surface area contributed by atoms with Gasteiger partial charge in [0.15, 0.2) is 0 Å². The summed E-state index contributed by atoms with van der Waals surface area (Å²) in [5, 5.41) is 18.6. The summed E-state index contributed by atoms with van der Waals surface area (Å²) in [7, 11) is 0. The van der Waals surface area contributed by atoms with Crippen LogP contribution in [0.3, 0.4) is 0 Å². The van der Waals surface area contributed by atoms with Crippen LogP contribution in [0.5, 0.6) is 0 Å². The molecule has 1 fully saturated rings. The maximum atomic E-state index is 13.1. The van der Waals surface area contributed by atoms with Crippen LogP contribution in [0.15, 0.2) is 24.3 Å². The number of aliphatic hydroxyl groups is 1. The Morgan fingerprint density at radius 3 is 2.84 bits per heavy atom. The highest BCUT2D eigenvalue weighted by Crippen LogP contribution is 2.38. The van der Waals surface area contributed by atoms with Crippen LogP contribution in [0.1, 0.15) is 57.2 Å². The van der Waals surface area contributed by atoms with Crippen LogP contribution in [-0.2, 0) is 17.6 Å². The minimum Gasteiger partial charge on any atom is -0.395 e. The molecule has 6 heteroatoms. The van der Waals surface area contributed by atoms with E-state index in [-0.39, 0.29) is 18.4 Å². The first-order valence-corrected chi connectivity index (χ1v) is 11.6. The van der Waals surface area contributed by atoms with Crippen molar-refractivity contribution >= 4 is 22.5 Å². The number of H-pyrrole nitrogens is 2. The molecule has 31 heavy (non-hydrogen) atoms. The smallest absolute Gasteiger partial charge is 0.230 e. The molecule has 0 radical (unpaired) electrons. The van der Waals surface area contributed by atoms with E-state index in [1.165, 1.54) is 11.3 Å². The van der Waals surface area contributed by atoms with Gasteiger partial charge in [0.25, 0.3) is 0 Å². The molecule has 3 N–H and O–H groups in total. The van der Waals surface area contributed by atoms with E-state index in [2.05, 4.69) is 41.2 Å². The van der Waals surface area contributed by atoms with E-state index in [0.717, 1.165) is 72.9 Å².